The van der Waals surface area contributed by atoms with Crippen LogP contribution in [0.3, 0.4) is 0 Å². The number of rotatable bonds is 3. The fourth-order valence-corrected chi connectivity index (χ4v) is 1.85. The highest BCUT2D eigenvalue weighted by Crippen LogP contribution is 2.30. The molecule has 1 aromatic carbocycles. The van der Waals surface area contributed by atoms with Crippen molar-refractivity contribution in [3.8, 4) is 0 Å². The molecule has 6 heteroatoms. The summed E-state index contributed by atoms with van der Waals surface area (Å²) >= 11 is 0. The van der Waals surface area contributed by atoms with Crippen LogP contribution in [0.5, 0.6) is 0 Å². The summed E-state index contributed by atoms with van der Waals surface area (Å²) in [5, 5.41) is 0. The number of aromatic nitrogens is 1. The standard InChI is InChI=1S/C14H14F3N3/c1-20(9-10-3-2-4-12(18)7-10)13-8-11(5-6-19-13)14(15,16)17/h2-8H,9,18H2,1H3. The lowest BCUT2D eigenvalue weighted by atomic mass is 10.2. The summed E-state index contributed by atoms with van der Waals surface area (Å²) in [6.45, 7) is 0.430. The maximum atomic E-state index is 12.6. The molecule has 0 aliphatic heterocycles. The van der Waals surface area contributed by atoms with E-state index < -0.39 is 11.7 Å². The zero-order valence-electron chi connectivity index (χ0n) is 10.9. The molecule has 0 spiro atoms. The van der Waals surface area contributed by atoms with Gasteiger partial charge in [0.1, 0.15) is 5.82 Å². The molecule has 0 unspecified atom stereocenters. The van der Waals surface area contributed by atoms with Gasteiger partial charge in [-0.2, -0.15) is 13.2 Å². The van der Waals surface area contributed by atoms with Crippen LogP contribution in [-0.4, -0.2) is 12.0 Å². The van der Waals surface area contributed by atoms with Gasteiger partial charge in [-0.3, -0.25) is 0 Å². The molecular formula is C14H14F3N3. The molecule has 1 heterocycles. The lowest BCUT2D eigenvalue weighted by Crippen LogP contribution is -2.18. The Morgan fingerprint density at radius 1 is 1.20 bits per heavy atom. The van der Waals surface area contributed by atoms with Gasteiger partial charge in [0.15, 0.2) is 0 Å². The summed E-state index contributed by atoms with van der Waals surface area (Å²) in [7, 11) is 1.69. The lowest BCUT2D eigenvalue weighted by molar-refractivity contribution is -0.137. The van der Waals surface area contributed by atoms with Crippen LogP contribution in [0.1, 0.15) is 11.1 Å². The Morgan fingerprint density at radius 2 is 1.95 bits per heavy atom. The first-order valence-corrected chi connectivity index (χ1v) is 5.95. The quantitative estimate of drug-likeness (QED) is 0.878. The second kappa shape index (κ2) is 5.40. The molecule has 1 aromatic heterocycles. The molecule has 0 bridgehead atoms. The van der Waals surface area contributed by atoms with E-state index in [1.54, 1.807) is 30.1 Å². The summed E-state index contributed by atoms with van der Waals surface area (Å²) in [5.74, 6) is 0.266. The molecule has 0 saturated carbocycles. The molecule has 0 aliphatic rings. The second-order valence-corrected chi connectivity index (χ2v) is 4.50. The maximum absolute atomic E-state index is 12.6. The molecule has 0 radical (unpaired) electrons. The monoisotopic (exact) mass is 281 g/mol. The van der Waals surface area contributed by atoms with Crippen molar-refractivity contribution in [1.29, 1.82) is 0 Å². The van der Waals surface area contributed by atoms with Crippen LogP contribution in [0, 0.1) is 0 Å². The van der Waals surface area contributed by atoms with E-state index in [0.717, 1.165) is 23.9 Å². The summed E-state index contributed by atoms with van der Waals surface area (Å²) in [4.78, 5) is 5.61. The third kappa shape index (κ3) is 3.40. The third-order valence-corrected chi connectivity index (χ3v) is 2.83. The number of anilines is 2. The molecule has 2 N–H and O–H groups in total. The molecule has 106 valence electrons. The molecule has 0 atom stereocenters. The van der Waals surface area contributed by atoms with E-state index in [1.807, 2.05) is 6.07 Å². The largest absolute Gasteiger partial charge is 0.416 e. The van der Waals surface area contributed by atoms with E-state index in [1.165, 1.54) is 0 Å². The van der Waals surface area contributed by atoms with Crippen molar-refractivity contribution in [3.63, 3.8) is 0 Å². The molecule has 0 aliphatic carbocycles. The molecule has 0 saturated heterocycles. The van der Waals surface area contributed by atoms with E-state index in [2.05, 4.69) is 4.98 Å². The zero-order valence-corrected chi connectivity index (χ0v) is 10.9. The molecule has 0 fully saturated rings. The highest BCUT2D eigenvalue weighted by Gasteiger charge is 2.31. The fourth-order valence-electron chi connectivity index (χ4n) is 1.85. The predicted octanol–water partition coefficient (Wildman–Crippen LogP) is 3.32. The Balaban J connectivity index is 2.19. The first-order valence-electron chi connectivity index (χ1n) is 5.95. The van der Waals surface area contributed by atoms with Crippen molar-refractivity contribution in [2.75, 3.05) is 17.7 Å². The van der Waals surface area contributed by atoms with Crippen molar-refractivity contribution >= 4 is 11.5 Å². The lowest BCUT2D eigenvalue weighted by Gasteiger charge is -2.19. The second-order valence-electron chi connectivity index (χ2n) is 4.50. The number of nitrogens with two attached hydrogens (primary N) is 1. The summed E-state index contributed by atoms with van der Waals surface area (Å²) in [6, 6.07) is 9.19. The number of hydrogen-bond acceptors (Lipinski definition) is 3. The van der Waals surface area contributed by atoms with Gasteiger partial charge in [-0.15, -0.1) is 0 Å². The van der Waals surface area contributed by atoms with Crippen LogP contribution in [0.25, 0.3) is 0 Å². The fraction of sp³-hybridized carbons (Fsp3) is 0.214. The topological polar surface area (TPSA) is 42.1 Å². The van der Waals surface area contributed by atoms with Gasteiger partial charge in [0.05, 0.1) is 5.56 Å². The molecule has 20 heavy (non-hydrogen) atoms. The SMILES string of the molecule is CN(Cc1cccc(N)c1)c1cc(C(F)(F)F)ccn1. The van der Waals surface area contributed by atoms with Crippen LogP contribution in [0.15, 0.2) is 42.6 Å². The molecule has 3 nitrogen and oxygen atoms in total. The van der Waals surface area contributed by atoms with Crippen LogP contribution in [0.2, 0.25) is 0 Å². The van der Waals surface area contributed by atoms with E-state index in [9.17, 15) is 13.2 Å². The minimum Gasteiger partial charge on any atom is -0.399 e. The number of nitrogen functional groups attached to an aromatic ring is 1. The van der Waals surface area contributed by atoms with Crippen LogP contribution in [-0.2, 0) is 12.7 Å². The zero-order chi connectivity index (χ0) is 14.8. The average molecular weight is 281 g/mol. The number of nitrogens with zero attached hydrogens (tertiary/aromatic N) is 2. The Bertz CT molecular complexity index is 596. The molecular weight excluding hydrogens is 267 g/mol. The molecule has 0 amide bonds. The number of alkyl halides is 3. The summed E-state index contributed by atoms with van der Waals surface area (Å²) in [5.41, 5.74) is 6.49. The summed E-state index contributed by atoms with van der Waals surface area (Å²) < 4.78 is 37.9. The van der Waals surface area contributed by atoms with E-state index >= 15 is 0 Å². The third-order valence-electron chi connectivity index (χ3n) is 2.83. The minimum atomic E-state index is -4.37. The van der Waals surface area contributed by atoms with Crippen molar-refractivity contribution < 1.29 is 13.2 Å². The van der Waals surface area contributed by atoms with Gasteiger partial charge in [-0.1, -0.05) is 12.1 Å². The van der Waals surface area contributed by atoms with Gasteiger partial charge in [0.2, 0.25) is 0 Å². The van der Waals surface area contributed by atoms with Gasteiger partial charge in [0, 0.05) is 25.5 Å². The Kier molecular flexibility index (Phi) is 3.83. The normalized spacial score (nSPS) is 11.4. The van der Waals surface area contributed by atoms with Crippen molar-refractivity contribution in [2.24, 2.45) is 0 Å². The first-order chi connectivity index (χ1) is 9.36. The van der Waals surface area contributed by atoms with E-state index in [-0.39, 0.29) is 5.82 Å². The minimum absolute atomic E-state index is 0.266. The Morgan fingerprint density at radius 3 is 2.60 bits per heavy atom. The van der Waals surface area contributed by atoms with Crippen molar-refractivity contribution in [2.45, 2.75) is 12.7 Å². The van der Waals surface area contributed by atoms with Gasteiger partial charge in [0.25, 0.3) is 0 Å². The predicted molar refractivity (Wildman–Crippen MR) is 72.2 cm³/mol. The van der Waals surface area contributed by atoms with Crippen molar-refractivity contribution in [3.05, 3.63) is 53.7 Å². The number of pyridine rings is 1. The highest BCUT2D eigenvalue weighted by atomic mass is 19.4. The van der Waals surface area contributed by atoms with Crippen LogP contribution < -0.4 is 10.6 Å². The van der Waals surface area contributed by atoms with Crippen molar-refractivity contribution in [1.82, 2.24) is 4.98 Å². The van der Waals surface area contributed by atoms with Crippen LogP contribution in [0.4, 0.5) is 24.7 Å². The highest BCUT2D eigenvalue weighted by molar-refractivity contribution is 5.45. The molecule has 2 rings (SSSR count). The number of hydrogen-bond donors (Lipinski definition) is 1. The van der Waals surface area contributed by atoms with Gasteiger partial charge >= 0.3 is 6.18 Å². The maximum Gasteiger partial charge on any atom is 0.416 e. The van der Waals surface area contributed by atoms with E-state index in [4.69, 9.17) is 5.73 Å². The van der Waals surface area contributed by atoms with E-state index in [0.29, 0.717) is 12.2 Å². The number of benzene rings is 1. The van der Waals surface area contributed by atoms with Gasteiger partial charge in [-0.05, 0) is 29.8 Å². The number of halogens is 3. The smallest absolute Gasteiger partial charge is 0.399 e. The van der Waals surface area contributed by atoms with Gasteiger partial charge < -0.3 is 10.6 Å². The first kappa shape index (κ1) is 14.2. The van der Waals surface area contributed by atoms with Crippen LogP contribution >= 0.6 is 0 Å². The Labute approximate surface area is 114 Å². The Hall–Kier alpha value is -2.24. The van der Waals surface area contributed by atoms with Gasteiger partial charge in [-0.25, -0.2) is 4.98 Å². The molecule has 2 aromatic rings. The summed E-state index contributed by atoms with van der Waals surface area (Å²) in [6.07, 6.45) is -3.20. The average Bonchev–Trinajstić information content (AvgIpc) is 2.38.